The van der Waals surface area contributed by atoms with Crippen molar-refractivity contribution in [2.45, 2.75) is 6.54 Å². The van der Waals surface area contributed by atoms with Crippen LogP contribution in [0.4, 0.5) is 0 Å². The second-order valence-electron chi connectivity index (χ2n) is 7.92. The fraction of sp³-hybridized carbons (Fsp3) is 0.208. The third-order valence-corrected chi connectivity index (χ3v) is 8.06. The van der Waals surface area contributed by atoms with Crippen LogP contribution in [0.3, 0.4) is 0 Å². The van der Waals surface area contributed by atoms with Gasteiger partial charge >= 0.3 is 0 Å². The van der Waals surface area contributed by atoms with Crippen molar-refractivity contribution in [2.24, 2.45) is 0 Å². The standard InChI is InChI=1S/C24H21N5OS2/c30-24(21-9-8-20(31-21)23-26-18-5-1-2-6-19(18)32-23)28-13-11-27(12-14-28)15-17-16-29-10-4-3-7-22(29)25-17/h1-10,16H,11-15H2. The Morgan fingerprint density at radius 1 is 0.906 bits per heavy atom. The van der Waals surface area contributed by atoms with Crippen LogP contribution in [0.15, 0.2) is 67.0 Å². The summed E-state index contributed by atoms with van der Waals surface area (Å²) in [6.45, 7) is 4.00. The molecule has 0 saturated carbocycles. The number of para-hydroxylation sites is 1. The van der Waals surface area contributed by atoms with Crippen molar-refractivity contribution in [3.8, 4) is 9.88 Å². The Balaban J connectivity index is 1.10. The lowest BCUT2D eigenvalue weighted by Gasteiger charge is -2.34. The molecule has 0 radical (unpaired) electrons. The summed E-state index contributed by atoms with van der Waals surface area (Å²) < 4.78 is 3.22. The van der Waals surface area contributed by atoms with Gasteiger partial charge in [-0.25, -0.2) is 9.97 Å². The van der Waals surface area contributed by atoms with Crippen molar-refractivity contribution in [3.63, 3.8) is 0 Å². The van der Waals surface area contributed by atoms with E-state index >= 15 is 0 Å². The van der Waals surface area contributed by atoms with Gasteiger partial charge in [-0.05, 0) is 36.4 Å². The van der Waals surface area contributed by atoms with Crippen molar-refractivity contribution >= 4 is 44.4 Å². The molecule has 1 saturated heterocycles. The van der Waals surface area contributed by atoms with Gasteiger partial charge in [0.25, 0.3) is 5.91 Å². The molecule has 0 unspecified atom stereocenters. The number of hydrogen-bond donors (Lipinski definition) is 0. The van der Waals surface area contributed by atoms with Crippen LogP contribution >= 0.6 is 22.7 Å². The third-order valence-electron chi connectivity index (χ3n) is 5.78. The van der Waals surface area contributed by atoms with Crippen LogP contribution in [0, 0.1) is 0 Å². The predicted molar refractivity (Wildman–Crippen MR) is 129 cm³/mol. The number of carbonyl (C=O) groups excluding carboxylic acids is 1. The highest BCUT2D eigenvalue weighted by atomic mass is 32.1. The maximum absolute atomic E-state index is 13.1. The summed E-state index contributed by atoms with van der Waals surface area (Å²) in [5, 5.41) is 0.979. The van der Waals surface area contributed by atoms with Crippen LogP contribution in [-0.2, 0) is 6.54 Å². The van der Waals surface area contributed by atoms with Crippen LogP contribution in [0.2, 0.25) is 0 Å². The first-order valence-electron chi connectivity index (χ1n) is 10.6. The molecule has 32 heavy (non-hydrogen) atoms. The number of thiophene rings is 1. The van der Waals surface area contributed by atoms with E-state index in [4.69, 9.17) is 9.97 Å². The van der Waals surface area contributed by atoms with Crippen molar-refractivity contribution in [1.29, 1.82) is 0 Å². The minimum Gasteiger partial charge on any atom is -0.335 e. The largest absolute Gasteiger partial charge is 0.335 e. The molecule has 1 amide bonds. The number of hydrogen-bond acceptors (Lipinski definition) is 6. The Kier molecular flexibility index (Phi) is 4.98. The number of thiazole rings is 1. The van der Waals surface area contributed by atoms with Gasteiger partial charge in [-0.3, -0.25) is 9.69 Å². The van der Waals surface area contributed by atoms with Crippen LogP contribution in [0.25, 0.3) is 25.7 Å². The number of benzene rings is 1. The number of fused-ring (bicyclic) bond motifs is 2. The van der Waals surface area contributed by atoms with E-state index in [-0.39, 0.29) is 5.91 Å². The molecule has 1 fully saturated rings. The first-order chi connectivity index (χ1) is 15.7. The highest BCUT2D eigenvalue weighted by Gasteiger charge is 2.24. The average molecular weight is 460 g/mol. The molecule has 1 aliphatic heterocycles. The molecule has 8 heteroatoms. The molecular weight excluding hydrogens is 438 g/mol. The highest BCUT2D eigenvalue weighted by Crippen LogP contribution is 2.34. The quantitative estimate of drug-likeness (QED) is 0.393. The van der Waals surface area contributed by atoms with Crippen molar-refractivity contribution in [1.82, 2.24) is 24.2 Å². The van der Waals surface area contributed by atoms with Crippen LogP contribution < -0.4 is 0 Å². The highest BCUT2D eigenvalue weighted by molar-refractivity contribution is 7.26. The Labute approximate surface area is 193 Å². The van der Waals surface area contributed by atoms with Gasteiger partial charge in [0, 0.05) is 45.1 Å². The summed E-state index contributed by atoms with van der Waals surface area (Å²) in [7, 11) is 0. The number of piperazine rings is 1. The fourth-order valence-electron chi connectivity index (χ4n) is 4.10. The predicted octanol–water partition coefficient (Wildman–Crippen LogP) is 4.63. The number of carbonyl (C=O) groups is 1. The van der Waals surface area contributed by atoms with Crippen LogP contribution in [0.1, 0.15) is 15.4 Å². The molecule has 0 atom stereocenters. The fourth-order valence-corrected chi connectivity index (χ4v) is 6.10. The van der Waals surface area contributed by atoms with Gasteiger partial charge in [-0.1, -0.05) is 18.2 Å². The smallest absolute Gasteiger partial charge is 0.264 e. The van der Waals surface area contributed by atoms with Crippen molar-refractivity contribution in [2.75, 3.05) is 26.2 Å². The molecule has 160 valence electrons. The van der Waals surface area contributed by atoms with E-state index in [1.54, 1.807) is 11.3 Å². The number of nitrogens with zero attached hydrogens (tertiary/aromatic N) is 5. The first-order valence-corrected chi connectivity index (χ1v) is 12.3. The molecule has 5 aromatic rings. The summed E-state index contributed by atoms with van der Waals surface area (Å²) in [6, 6.07) is 18.1. The summed E-state index contributed by atoms with van der Waals surface area (Å²) in [6.07, 6.45) is 4.11. The lowest BCUT2D eigenvalue weighted by Crippen LogP contribution is -2.48. The summed E-state index contributed by atoms with van der Waals surface area (Å²) in [5.41, 5.74) is 3.04. The second kappa shape index (κ2) is 8.12. The number of pyridine rings is 1. The minimum absolute atomic E-state index is 0.120. The van der Waals surface area contributed by atoms with E-state index in [0.717, 1.165) is 64.3 Å². The molecule has 0 aliphatic carbocycles. The summed E-state index contributed by atoms with van der Waals surface area (Å²) in [4.78, 5) is 28.7. The number of rotatable bonds is 4. The van der Waals surface area contributed by atoms with E-state index in [1.165, 1.54) is 16.0 Å². The molecule has 5 heterocycles. The molecule has 4 aromatic heterocycles. The normalized spacial score (nSPS) is 15.1. The number of imidazole rings is 1. The molecule has 1 aliphatic rings. The SMILES string of the molecule is O=C(c1ccc(-c2nc3ccccc3s2)s1)N1CCN(Cc2cn3ccccc3n2)CC1. The molecule has 0 N–H and O–H groups in total. The van der Waals surface area contributed by atoms with E-state index in [0.29, 0.717) is 0 Å². The minimum atomic E-state index is 0.120. The van der Waals surface area contributed by atoms with Crippen LogP contribution in [-0.4, -0.2) is 56.3 Å². The number of amides is 1. The lowest BCUT2D eigenvalue weighted by atomic mass is 10.2. The maximum Gasteiger partial charge on any atom is 0.264 e. The molecule has 0 spiro atoms. The zero-order valence-corrected chi connectivity index (χ0v) is 19.0. The summed E-state index contributed by atoms with van der Waals surface area (Å²) in [5.74, 6) is 0.120. The Morgan fingerprint density at radius 3 is 2.59 bits per heavy atom. The van der Waals surface area contributed by atoms with Gasteiger partial charge in [0.1, 0.15) is 10.7 Å². The zero-order valence-electron chi connectivity index (χ0n) is 17.3. The zero-order chi connectivity index (χ0) is 21.5. The van der Waals surface area contributed by atoms with E-state index in [9.17, 15) is 4.79 Å². The second-order valence-corrected chi connectivity index (χ2v) is 10.0. The van der Waals surface area contributed by atoms with Gasteiger partial charge in [0.15, 0.2) is 0 Å². The first kappa shape index (κ1) is 19.6. The maximum atomic E-state index is 13.1. The Hall–Kier alpha value is -3.07. The average Bonchev–Trinajstić information content (AvgIpc) is 3.56. The van der Waals surface area contributed by atoms with Gasteiger partial charge in [0.2, 0.25) is 0 Å². The van der Waals surface area contributed by atoms with E-state index < -0.39 is 0 Å². The molecule has 1 aromatic carbocycles. The van der Waals surface area contributed by atoms with Gasteiger partial charge in [0.05, 0.1) is 25.7 Å². The Bertz CT molecular complexity index is 1340. The Morgan fingerprint density at radius 2 is 1.75 bits per heavy atom. The summed E-state index contributed by atoms with van der Waals surface area (Å²) >= 11 is 3.21. The van der Waals surface area contributed by atoms with Crippen LogP contribution in [0.5, 0.6) is 0 Å². The molecule has 6 nitrogen and oxygen atoms in total. The van der Waals surface area contributed by atoms with E-state index in [1.807, 2.05) is 59.6 Å². The van der Waals surface area contributed by atoms with Gasteiger partial charge < -0.3 is 9.30 Å². The molecular formula is C24H21N5OS2. The molecule has 6 rings (SSSR count). The topological polar surface area (TPSA) is 53.7 Å². The lowest BCUT2D eigenvalue weighted by molar-refractivity contribution is 0.0632. The monoisotopic (exact) mass is 459 g/mol. The third kappa shape index (κ3) is 3.70. The van der Waals surface area contributed by atoms with Crippen molar-refractivity contribution in [3.05, 3.63) is 77.6 Å². The van der Waals surface area contributed by atoms with Gasteiger partial charge in [-0.15, -0.1) is 22.7 Å². The van der Waals surface area contributed by atoms with Gasteiger partial charge in [-0.2, -0.15) is 0 Å². The number of aromatic nitrogens is 3. The molecule has 0 bridgehead atoms. The van der Waals surface area contributed by atoms with E-state index in [2.05, 4.69) is 21.6 Å². The van der Waals surface area contributed by atoms with Crippen molar-refractivity contribution < 1.29 is 4.79 Å².